The highest BCUT2D eigenvalue weighted by molar-refractivity contribution is 5.81. The summed E-state index contributed by atoms with van der Waals surface area (Å²) >= 11 is 0. The first-order chi connectivity index (χ1) is 9.15. The maximum Gasteiger partial charge on any atom is 0.330 e. The van der Waals surface area contributed by atoms with Crippen LogP contribution in [0.15, 0.2) is 36.4 Å². The predicted molar refractivity (Wildman–Crippen MR) is 76.3 cm³/mol. The van der Waals surface area contributed by atoms with Crippen molar-refractivity contribution >= 4 is 5.97 Å². The quantitative estimate of drug-likeness (QED) is 0.557. The highest BCUT2D eigenvalue weighted by Gasteiger charge is 2.06. The van der Waals surface area contributed by atoms with Gasteiger partial charge < -0.3 is 9.47 Å². The third-order valence-corrected chi connectivity index (χ3v) is 2.56. The van der Waals surface area contributed by atoms with Crippen molar-refractivity contribution in [2.75, 3.05) is 6.61 Å². The van der Waals surface area contributed by atoms with Crippen molar-refractivity contribution in [3.8, 4) is 5.75 Å². The minimum absolute atomic E-state index is 0.161. The van der Waals surface area contributed by atoms with Crippen LogP contribution in [-0.4, -0.2) is 18.7 Å². The minimum Gasteiger partial charge on any atom is -0.487 e. The lowest BCUT2D eigenvalue weighted by atomic mass is 10.1. The number of hydrogen-bond acceptors (Lipinski definition) is 3. The first kappa shape index (κ1) is 15.3. The molecule has 0 amide bonds. The summed E-state index contributed by atoms with van der Waals surface area (Å²) in [4.78, 5) is 11.2. The highest BCUT2D eigenvalue weighted by Crippen LogP contribution is 2.15. The molecule has 0 radical (unpaired) electrons. The van der Waals surface area contributed by atoms with E-state index in [1.54, 1.807) is 13.0 Å². The van der Waals surface area contributed by atoms with Crippen LogP contribution in [0.1, 0.15) is 32.8 Å². The monoisotopic (exact) mass is 262 g/mol. The van der Waals surface area contributed by atoms with E-state index in [2.05, 4.69) is 19.1 Å². The van der Waals surface area contributed by atoms with Gasteiger partial charge in [-0.3, -0.25) is 0 Å². The topological polar surface area (TPSA) is 35.5 Å². The third kappa shape index (κ3) is 6.09. The molecule has 3 nitrogen and oxygen atoms in total. The molecule has 3 heteroatoms. The van der Waals surface area contributed by atoms with Gasteiger partial charge in [-0.2, -0.15) is 0 Å². The first-order valence-corrected chi connectivity index (χ1v) is 6.70. The van der Waals surface area contributed by atoms with Crippen molar-refractivity contribution in [2.24, 2.45) is 0 Å². The Morgan fingerprint density at radius 3 is 2.58 bits per heavy atom. The fraction of sp³-hybridized carbons (Fsp3) is 0.438. The second-order valence-electron chi connectivity index (χ2n) is 4.45. The van der Waals surface area contributed by atoms with Crippen molar-refractivity contribution in [3.05, 3.63) is 42.0 Å². The second kappa shape index (κ2) is 8.35. The molecule has 0 saturated heterocycles. The molecule has 0 aliphatic carbocycles. The Bertz CT molecular complexity index is 407. The van der Waals surface area contributed by atoms with E-state index in [0.29, 0.717) is 0 Å². The Kier molecular flexibility index (Phi) is 6.72. The number of rotatable bonds is 7. The molecular formula is C16H22O3. The van der Waals surface area contributed by atoms with Crippen LogP contribution in [0.5, 0.6) is 5.75 Å². The lowest BCUT2D eigenvalue weighted by Gasteiger charge is -2.14. The van der Waals surface area contributed by atoms with Crippen LogP contribution in [0.25, 0.3) is 0 Å². The zero-order valence-corrected chi connectivity index (χ0v) is 11.9. The number of carbonyl (C=O) groups is 1. The summed E-state index contributed by atoms with van der Waals surface area (Å²) in [6, 6.07) is 8.04. The molecule has 0 aliphatic rings. The van der Waals surface area contributed by atoms with E-state index in [1.165, 1.54) is 11.6 Å². The fourth-order valence-corrected chi connectivity index (χ4v) is 1.67. The summed E-state index contributed by atoms with van der Waals surface area (Å²) in [7, 11) is 0. The van der Waals surface area contributed by atoms with Gasteiger partial charge in [-0.25, -0.2) is 4.79 Å². The van der Waals surface area contributed by atoms with E-state index in [9.17, 15) is 4.79 Å². The normalized spacial score (nSPS) is 12.4. The standard InChI is InChI=1S/C16H22O3/c1-4-6-14-8-10-15(11-9-14)19-13(3)12-18-16(17)7-5-2/h5,7-11,13H,4,6,12H2,1-3H3. The van der Waals surface area contributed by atoms with Gasteiger partial charge in [0.1, 0.15) is 18.5 Å². The van der Waals surface area contributed by atoms with Crippen molar-refractivity contribution in [3.63, 3.8) is 0 Å². The van der Waals surface area contributed by atoms with Gasteiger partial charge in [-0.1, -0.05) is 31.6 Å². The molecule has 0 spiro atoms. The van der Waals surface area contributed by atoms with Crippen LogP contribution in [0.4, 0.5) is 0 Å². The predicted octanol–water partition coefficient (Wildman–Crippen LogP) is 3.53. The molecule has 0 aliphatic heterocycles. The van der Waals surface area contributed by atoms with Crippen LogP contribution >= 0.6 is 0 Å². The van der Waals surface area contributed by atoms with Gasteiger partial charge in [-0.15, -0.1) is 0 Å². The Hall–Kier alpha value is -1.77. The zero-order chi connectivity index (χ0) is 14.1. The van der Waals surface area contributed by atoms with Crippen LogP contribution < -0.4 is 4.74 Å². The Morgan fingerprint density at radius 1 is 1.32 bits per heavy atom. The average Bonchev–Trinajstić information content (AvgIpc) is 2.39. The maximum atomic E-state index is 11.2. The largest absolute Gasteiger partial charge is 0.487 e. The molecule has 1 aromatic carbocycles. The van der Waals surface area contributed by atoms with Gasteiger partial charge in [0, 0.05) is 6.08 Å². The molecule has 0 saturated carbocycles. The molecule has 0 aromatic heterocycles. The van der Waals surface area contributed by atoms with Gasteiger partial charge in [0.15, 0.2) is 0 Å². The summed E-state index contributed by atoms with van der Waals surface area (Å²) < 4.78 is 10.7. The molecular weight excluding hydrogens is 240 g/mol. The second-order valence-corrected chi connectivity index (χ2v) is 4.45. The number of carbonyl (C=O) groups excluding carboxylic acids is 1. The van der Waals surface area contributed by atoms with E-state index < -0.39 is 0 Å². The smallest absolute Gasteiger partial charge is 0.330 e. The van der Waals surface area contributed by atoms with Crippen molar-refractivity contribution in [1.29, 1.82) is 0 Å². The Labute approximate surface area is 115 Å². The molecule has 1 aromatic rings. The van der Waals surface area contributed by atoms with Gasteiger partial charge in [0.25, 0.3) is 0 Å². The molecule has 0 bridgehead atoms. The Balaban J connectivity index is 2.39. The number of allylic oxidation sites excluding steroid dienone is 1. The number of esters is 1. The van der Waals surface area contributed by atoms with Crippen LogP contribution in [0, 0.1) is 0 Å². The summed E-state index contributed by atoms with van der Waals surface area (Å²) in [6.07, 6.45) is 5.10. The number of aryl methyl sites for hydroxylation is 1. The van der Waals surface area contributed by atoms with E-state index in [1.807, 2.05) is 19.1 Å². The SMILES string of the molecule is CC=CC(=O)OCC(C)Oc1ccc(CCC)cc1. The molecule has 1 unspecified atom stereocenters. The molecule has 0 heterocycles. The van der Waals surface area contributed by atoms with Crippen LogP contribution in [0.2, 0.25) is 0 Å². The van der Waals surface area contributed by atoms with Gasteiger partial charge in [0.2, 0.25) is 0 Å². The molecule has 19 heavy (non-hydrogen) atoms. The summed E-state index contributed by atoms with van der Waals surface area (Å²) in [5, 5.41) is 0. The number of hydrogen-bond donors (Lipinski definition) is 0. The lowest BCUT2D eigenvalue weighted by Crippen LogP contribution is -2.20. The molecule has 104 valence electrons. The number of benzene rings is 1. The summed E-state index contributed by atoms with van der Waals surface area (Å²) in [5.41, 5.74) is 1.31. The molecule has 0 N–H and O–H groups in total. The van der Waals surface area contributed by atoms with E-state index in [-0.39, 0.29) is 18.7 Å². The lowest BCUT2D eigenvalue weighted by molar-refractivity contribution is -0.139. The molecule has 1 rings (SSSR count). The van der Waals surface area contributed by atoms with Crippen molar-refractivity contribution in [1.82, 2.24) is 0 Å². The van der Waals surface area contributed by atoms with Gasteiger partial charge >= 0.3 is 5.97 Å². The van der Waals surface area contributed by atoms with Crippen molar-refractivity contribution < 1.29 is 14.3 Å². The van der Waals surface area contributed by atoms with Gasteiger partial charge in [-0.05, 0) is 38.0 Å². The number of ether oxygens (including phenoxy) is 2. The maximum absolute atomic E-state index is 11.2. The summed E-state index contributed by atoms with van der Waals surface area (Å²) in [5.74, 6) is 0.464. The Morgan fingerprint density at radius 2 is 2.00 bits per heavy atom. The van der Waals surface area contributed by atoms with Gasteiger partial charge in [0.05, 0.1) is 0 Å². The fourth-order valence-electron chi connectivity index (χ4n) is 1.67. The van der Waals surface area contributed by atoms with E-state index in [0.717, 1.165) is 18.6 Å². The average molecular weight is 262 g/mol. The first-order valence-electron chi connectivity index (χ1n) is 6.70. The molecule has 0 fully saturated rings. The van der Waals surface area contributed by atoms with Crippen LogP contribution in [0.3, 0.4) is 0 Å². The molecule has 1 atom stereocenters. The zero-order valence-electron chi connectivity index (χ0n) is 11.9. The van der Waals surface area contributed by atoms with E-state index in [4.69, 9.17) is 9.47 Å². The summed E-state index contributed by atoms with van der Waals surface area (Å²) in [6.45, 7) is 6.06. The third-order valence-electron chi connectivity index (χ3n) is 2.56. The van der Waals surface area contributed by atoms with Crippen LogP contribution in [-0.2, 0) is 16.0 Å². The highest BCUT2D eigenvalue weighted by atomic mass is 16.6. The van der Waals surface area contributed by atoms with Crippen molar-refractivity contribution in [2.45, 2.75) is 39.7 Å². The van der Waals surface area contributed by atoms with E-state index >= 15 is 0 Å². The minimum atomic E-state index is -0.337.